The van der Waals surface area contributed by atoms with Gasteiger partial charge >= 0.3 is 5.97 Å². The van der Waals surface area contributed by atoms with Crippen LogP contribution in [0.3, 0.4) is 0 Å². The number of allylic oxidation sites excluding steroid dienone is 3. The summed E-state index contributed by atoms with van der Waals surface area (Å²) in [5, 5.41) is 3.38. The zero-order chi connectivity index (χ0) is 25.8. The Bertz CT molecular complexity index is 1230. The highest BCUT2D eigenvalue weighted by Crippen LogP contribution is 2.49. The van der Waals surface area contributed by atoms with Gasteiger partial charge in [0.1, 0.15) is 17.2 Å². The van der Waals surface area contributed by atoms with E-state index < -0.39 is 11.9 Å². The Kier molecular flexibility index (Phi) is 7.67. The quantitative estimate of drug-likeness (QED) is 0.519. The number of para-hydroxylation sites is 1. The molecule has 0 amide bonds. The van der Waals surface area contributed by atoms with Crippen molar-refractivity contribution in [2.24, 2.45) is 0 Å². The number of carbonyl (C=O) groups excluding carboxylic acids is 2. The first-order valence-electron chi connectivity index (χ1n) is 12.2. The average molecular weight is 492 g/mol. The van der Waals surface area contributed by atoms with Crippen LogP contribution in [0.4, 0.5) is 0 Å². The van der Waals surface area contributed by atoms with Crippen LogP contribution in [0.25, 0.3) is 0 Å². The van der Waals surface area contributed by atoms with Gasteiger partial charge in [-0.3, -0.25) is 4.79 Å². The molecular formula is C29H33NO6. The van der Waals surface area contributed by atoms with Crippen LogP contribution >= 0.6 is 0 Å². The van der Waals surface area contributed by atoms with Crippen molar-refractivity contribution in [3.63, 3.8) is 0 Å². The van der Waals surface area contributed by atoms with Crippen LogP contribution < -0.4 is 19.5 Å². The topological polar surface area (TPSA) is 83.1 Å². The number of benzene rings is 2. The molecular weight excluding hydrogens is 458 g/mol. The zero-order valence-electron chi connectivity index (χ0n) is 21.5. The number of dihydropyridines is 1. The Hall–Kier alpha value is -3.74. The van der Waals surface area contributed by atoms with Crippen LogP contribution in [0, 0.1) is 0 Å². The molecule has 1 aliphatic heterocycles. The normalized spacial score (nSPS) is 19.4. The molecule has 0 fully saturated rings. The van der Waals surface area contributed by atoms with E-state index in [1.54, 1.807) is 33.5 Å². The van der Waals surface area contributed by atoms with Crippen molar-refractivity contribution < 1.29 is 28.5 Å². The summed E-state index contributed by atoms with van der Waals surface area (Å²) < 4.78 is 22.3. The van der Waals surface area contributed by atoms with Crippen molar-refractivity contribution in [1.82, 2.24) is 5.32 Å². The first-order chi connectivity index (χ1) is 17.4. The smallest absolute Gasteiger partial charge is 0.336 e. The van der Waals surface area contributed by atoms with Crippen LogP contribution in [0.15, 0.2) is 65.0 Å². The predicted octanol–water partition coefficient (Wildman–Crippen LogP) is 5.03. The molecule has 2 aromatic rings. The summed E-state index contributed by atoms with van der Waals surface area (Å²) in [6, 6.07) is 13.2. The molecule has 0 radical (unpaired) electrons. The van der Waals surface area contributed by atoms with Gasteiger partial charge in [-0.1, -0.05) is 25.1 Å². The third-order valence-electron chi connectivity index (χ3n) is 6.81. The summed E-state index contributed by atoms with van der Waals surface area (Å²) in [6.07, 6.45) is 1.62. The van der Waals surface area contributed by atoms with Crippen LogP contribution in [0.2, 0.25) is 0 Å². The highest BCUT2D eigenvalue weighted by molar-refractivity contribution is 6.04. The number of Topliss-reactive ketones (excluding diaryl/α,β-unsaturated/α-hetero) is 1. The fourth-order valence-electron chi connectivity index (χ4n) is 5.18. The maximum atomic E-state index is 13.9. The van der Waals surface area contributed by atoms with Gasteiger partial charge in [-0.05, 0) is 49.6 Å². The van der Waals surface area contributed by atoms with Gasteiger partial charge in [-0.25, -0.2) is 4.79 Å². The molecule has 0 bridgehead atoms. The molecule has 36 heavy (non-hydrogen) atoms. The van der Waals surface area contributed by atoms with E-state index in [2.05, 4.69) is 5.32 Å². The molecule has 2 atom stereocenters. The van der Waals surface area contributed by atoms with Gasteiger partial charge in [0.15, 0.2) is 5.78 Å². The minimum Gasteiger partial charge on any atom is -0.497 e. The van der Waals surface area contributed by atoms with E-state index in [-0.39, 0.29) is 11.7 Å². The largest absolute Gasteiger partial charge is 0.497 e. The second kappa shape index (κ2) is 10.9. The molecule has 1 aliphatic carbocycles. The van der Waals surface area contributed by atoms with Crippen molar-refractivity contribution in [1.29, 1.82) is 0 Å². The van der Waals surface area contributed by atoms with Gasteiger partial charge in [0, 0.05) is 34.9 Å². The summed E-state index contributed by atoms with van der Waals surface area (Å²) in [7, 11) is 4.80. The van der Waals surface area contributed by atoms with E-state index in [1.807, 2.05) is 44.2 Å². The first kappa shape index (κ1) is 25.4. The third kappa shape index (κ3) is 4.70. The Morgan fingerprint density at radius 3 is 2.39 bits per heavy atom. The molecule has 2 aliphatic rings. The Labute approximate surface area is 212 Å². The van der Waals surface area contributed by atoms with Gasteiger partial charge in [0.2, 0.25) is 0 Å². The monoisotopic (exact) mass is 491 g/mol. The SMILES string of the molecule is CCCOC(=O)C1=C(C)NC2=C(C(=O)C[C@@H](c3ccccc3OC)C2)[C@@H]1c1cc(OC)ccc1OC. The summed E-state index contributed by atoms with van der Waals surface area (Å²) in [5.41, 5.74) is 4.14. The average Bonchev–Trinajstić information content (AvgIpc) is 2.90. The van der Waals surface area contributed by atoms with Crippen molar-refractivity contribution in [3.05, 3.63) is 76.1 Å². The fraction of sp³-hybridized carbons (Fsp3) is 0.379. The molecule has 7 heteroatoms. The minimum absolute atomic E-state index is 0.0252. The second-order valence-corrected chi connectivity index (χ2v) is 9.00. The van der Waals surface area contributed by atoms with Gasteiger partial charge in [0.25, 0.3) is 0 Å². The van der Waals surface area contributed by atoms with Crippen LogP contribution in [0.5, 0.6) is 17.2 Å². The lowest BCUT2D eigenvalue weighted by molar-refractivity contribution is -0.139. The number of methoxy groups -OCH3 is 3. The molecule has 190 valence electrons. The molecule has 7 nitrogen and oxygen atoms in total. The van der Waals surface area contributed by atoms with E-state index in [0.29, 0.717) is 59.8 Å². The number of rotatable bonds is 8. The molecule has 1 heterocycles. The molecule has 1 N–H and O–H groups in total. The fourth-order valence-corrected chi connectivity index (χ4v) is 5.18. The standard InChI is InChI=1S/C29H33NO6/c1-6-13-36-29(32)26-17(2)30-22-14-18(20-9-7-8-10-24(20)34-4)15-23(31)28(22)27(26)21-16-19(33-3)11-12-25(21)35-5/h7-12,16,18,27,30H,6,13-15H2,1-5H3/t18-,27+/m0/s1. The summed E-state index contributed by atoms with van der Waals surface area (Å²) in [5.74, 6) is 0.794. The minimum atomic E-state index is -0.637. The molecule has 0 saturated heterocycles. The van der Waals surface area contributed by atoms with E-state index in [9.17, 15) is 9.59 Å². The Morgan fingerprint density at radius 1 is 0.972 bits per heavy atom. The number of ketones is 1. The van der Waals surface area contributed by atoms with Crippen molar-refractivity contribution >= 4 is 11.8 Å². The number of hydrogen-bond acceptors (Lipinski definition) is 7. The van der Waals surface area contributed by atoms with E-state index in [4.69, 9.17) is 18.9 Å². The van der Waals surface area contributed by atoms with Gasteiger partial charge in [-0.15, -0.1) is 0 Å². The molecule has 0 spiro atoms. The lowest BCUT2D eigenvalue weighted by Crippen LogP contribution is -2.36. The van der Waals surface area contributed by atoms with Crippen molar-refractivity contribution in [2.75, 3.05) is 27.9 Å². The maximum absolute atomic E-state index is 13.9. The molecule has 0 aromatic heterocycles. The number of nitrogens with one attached hydrogen (secondary N) is 1. The lowest BCUT2D eigenvalue weighted by atomic mass is 9.71. The van der Waals surface area contributed by atoms with Crippen LogP contribution in [-0.4, -0.2) is 39.7 Å². The summed E-state index contributed by atoms with van der Waals surface area (Å²) in [4.78, 5) is 27.2. The summed E-state index contributed by atoms with van der Waals surface area (Å²) in [6.45, 7) is 4.09. The van der Waals surface area contributed by atoms with Crippen LogP contribution in [0.1, 0.15) is 56.1 Å². The molecule has 4 rings (SSSR count). The highest BCUT2D eigenvalue weighted by Gasteiger charge is 2.43. The number of esters is 1. The Morgan fingerprint density at radius 2 is 1.69 bits per heavy atom. The van der Waals surface area contributed by atoms with E-state index >= 15 is 0 Å². The maximum Gasteiger partial charge on any atom is 0.336 e. The van der Waals surface area contributed by atoms with Crippen molar-refractivity contribution in [3.8, 4) is 17.2 Å². The summed E-state index contributed by atoms with van der Waals surface area (Å²) >= 11 is 0. The molecule has 2 aromatic carbocycles. The number of hydrogen-bond donors (Lipinski definition) is 1. The highest BCUT2D eigenvalue weighted by atomic mass is 16.5. The zero-order valence-corrected chi connectivity index (χ0v) is 21.5. The van der Waals surface area contributed by atoms with Crippen molar-refractivity contribution in [2.45, 2.75) is 44.9 Å². The molecule has 0 unspecified atom stereocenters. The third-order valence-corrected chi connectivity index (χ3v) is 6.81. The lowest BCUT2D eigenvalue weighted by Gasteiger charge is -2.37. The van der Waals surface area contributed by atoms with Gasteiger partial charge in [-0.2, -0.15) is 0 Å². The van der Waals surface area contributed by atoms with Crippen LogP contribution in [-0.2, 0) is 14.3 Å². The second-order valence-electron chi connectivity index (χ2n) is 9.00. The predicted molar refractivity (Wildman–Crippen MR) is 136 cm³/mol. The first-order valence-corrected chi connectivity index (χ1v) is 12.2. The Balaban J connectivity index is 1.86. The number of ether oxygens (including phenoxy) is 4. The van der Waals surface area contributed by atoms with E-state index in [0.717, 1.165) is 17.0 Å². The van der Waals surface area contributed by atoms with E-state index in [1.165, 1.54) is 0 Å². The molecule has 0 saturated carbocycles. The van der Waals surface area contributed by atoms with Gasteiger partial charge < -0.3 is 24.3 Å². The van der Waals surface area contributed by atoms with Gasteiger partial charge in [0.05, 0.1) is 39.4 Å². The number of carbonyl (C=O) groups is 2.